The second kappa shape index (κ2) is 5.89. The minimum Gasteiger partial charge on any atom is -0.481 e. The molecule has 0 radical (unpaired) electrons. The van der Waals surface area contributed by atoms with Gasteiger partial charge in [-0.05, 0) is 19.8 Å². The second-order valence-corrected chi connectivity index (χ2v) is 5.67. The monoisotopic (exact) mass is 287 g/mol. The Morgan fingerprint density at radius 1 is 1.58 bits per heavy atom. The van der Waals surface area contributed by atoms with Gasteiger partial charge in [-0.2, -0.15) is 0 Å². The minimum atomic E-state index is -0.907. The molecule has 1 saturated heterocycles. The van der Waals surface area contributed by atoms with Gasteiger partial charge in [-0.25, -0.2) is 0 Å². The van der Waals surface area contributed by atoms with Gasteiger partial charge < -0.3 is 14.9 Å². The van der Waals surface area contributed by atoms with Crippen molar-refractivity contribution in [3.05, 3.63) is 5.82 Å². The summed E-state index contributed by atoms with van der Waals surface area (Å²) >= 11 is 1.11. The van der Waals surface area contributed by atoms with Crippen LogP contribution in [0.15, 0.2) is 5.16 Å². The van der Waals surface area contributed by atoms with Crippen molar-refractivity contribution in [3.8, 4) is 0 Å². The summed E-state index contributed by atoms with van der Waals surface area (Å²) in [5, 5.41) is 26.5. The number of thioether (sulfide) groups is 1. The molecule has 19 heavy (non-hydrogen) atoms. The third-order valence-electron chi connectivity index (χ3n) is 3.12. The van der Waals surface area contributed by atoms with Crippen molar-refractivity contribution in [1.82, 2.24) is 14.8 Å². The van der Waals surface area contributed by atoms with Gasteiger partial charge in [0.2, 0.25) is 0 Å². The third kappa shape index (κ3) is 3.07. The number of nitrogens with zero attached hydrogens (tertiary/aromatic N) is 3. The summed E-state index contributed by atoms with van der Waals surface area (Å²) in [6.45, 7) is 3.03. The molecule has 1 aromatic heterocycles. The van der Waals surface area contributed by atoms with Crippen molar-refractivity contribution in [3.63, 3.8) is 0 Å². The van der Waals surface area contributed by atoms with Crippen molar-refractivity contribution in [2.45, 2.75) is 37.1 Å². The van der Waals surface area contributed by atoms with Crippen molar-refractivity contribution >= 4 is 17.7 Å². The van der Waals surface area contributed by atoms with E-state index in [0.717, 1.165) is 31.2 Å². The molecule has 1 fully saturated rings. The standard InChI is InChI=1S/C11H17N3O4S/c1-11(3-2-4-18-7-11)14-8(5-15)12-13-10(14)19-6-9(16)17/h15H,2-7H2,1H3,(H,16,17). The van der Waals surface area contributed by atoms with E-state index in [-0.39, 0.29) is 17.9 Å². The lowest BCUT2D eigenvalue weighted by Crippen LogP contribution is -2.40. The Morgan fingerprint density at radius 3 is 2.95 bits per heavy atom. The van der Waals surface area contributed by atoms with Crippen LogP contribution in [0.4, 0.5) is 0 Å². The number of carboxylic acids is 1. The summed E-state index contributed by atoms with van der Waals surface area (Å²) in [7, 11) is 0. The SMILES string of the molecule is CC1(n2c(CO)nnc2SCC(=O)O)CCCOC1. The second-order valence-electron chi connectivity index (χ2n) is 4.73. The number of carbonyl (C=O) groups is 1. The summed E-state index contributed by atoms with van der Waals surface area (Å²) in [5.41, 5.74) is -0.333. The van der Waals surface area contributed by atoms with E-state index in [9.17, 15) is 9.90 Å². The van der Waals surface area contributed by atoms with E-state index in [1.54, 1.807) is 0 Å². The first-order chi connectivity index (χ1) is 9.07. The molecule has 1 aliphatic heterocycles. The predicted molar refractivity (Wildman–Crippen MR) is 68.0 cm³/mol. The first-order valence-electron chi connectivity index (χ1n) is 6.05. The first-order valence-corrected chi connectivity index (χ1v) is 7.03. The van der Waals surface area contributed by atoms with Gasteiger partial charge in [-0.1, -0.05) is 11.8 Å². The summed E-state index contributed by atoms with van der Waals surface area (Å²) < 4.78 is 7.32. The van der Waals surface area contributed by atoms with Gasteiger partial charge in [0.25, 0.3) is 0 Å². The Hall–Kier alpha value is -1.12. The Bertz CT molecular complexity index is 457. The largest absolute Gasteiger partial charge is 0.481 e. The smallest absolute Gasteiger partial charge is 0.313 e. The average Bonchev–Trinajstić information content (AvgIpc) is 2.81. The molecular weight excluding hydrogens is 270 g/mol. The maximum absolute atomic E-state index is 10.7. The van der Waals surface area contributed by atoms with Crippen LogP contribution in [0.25, 0.3) is 0 Å². The highest BCUT2D eigenvalue weighted by Gasteiger charge is 2.34. The number of hydrogen-bond donors (Lipinski definition) is 2. The number of ether oxygens (including phenoxy) is 1. The van der Waals surface area contributed by atoms with E-state index in [4.69, 9.17) is 9.84 Å². The highest BCUT2D eigenvalue weighted by atomic mass is 32.2. The molecule has 8 heteroatoms. The van der Waals surface area contributed by atoms with Crippen molar-refractivity contribution < 1.29 is 19.7 Å². The molecule has 0 aliphatic carbocycles. The molecule has 1 aliphatic rings. The lowest BCUT2D eigenvalue weighted by Gasteiger charge is -2.36. The Balaban J connectivity index is 2.29. The third-order valence-corrected chi connectivity index (χ3v) is 4.04. The summed E-state index contributed by atoms with van der Waals surface area (Å²) in [4.78, 5) is 10.7. The summed E-state index contributed by atoms with van der Waals surface area (Å²) in [6.07, 6.45) is 1.81. The molecule has 106 valence electrons. The maximum Gasteiger partial charge on any atom is 0.313 e. The summed E-state index contributed by atoms with van der Waals surface area (Å²) in [6, 6.07) is 0. The fraction of sp³-hybridized carbons (Fsp3) is 0.727. The predicted octanol–water partition coefficient (Wildman–Crippen LogP) is 0.473. The van der Waals surface area contributed by atoms with E-state index in [1.165, 1.54) is 0 Å². The average molecular weight is 287 g/mol. The van der Waals surface area contributed by atoms with Crippen LogP contribution in [0.3, 0.4) is 0 Å². The number of aliphatic hydroxyl groups excluding tert-OH is 1. The highest BCUT2D eigenvalue weighted by Crippen LogP contribution is 2.32. The maximum atomic E-state index is 10.7. The van der Waals surface area contributed by atoms with Crippen molar-refractivity contribution in [1.29, 1.82) is 0 Å². The van der Waals surface area contributed by atoms with Gasteiger partial charge in [0.15, 0.2) is 11.0 Å². The van der Waals surface area contributed by atoms with Gasteiger partial charge in [0, 0.05) is 6.61 Å². The molecule has 2 rings (SSSR count). The molecule has 7 nitrogen and oxygen atoms in total. The topological polar surface area (TPSA) is 97.5 Å². The van der Waals surface area contributed by atoms with Crippen molar-refractivity contribution in [2.24, 2.45) is 0 Å². The van der Waals surface area contributed by atoms with Crippen LogP contribution in [0.2, 0.25) is 0 Å². The Morgan fingerprint density at radius 2 is 2.37 bits per heavy atom. The van der Waals surface area contributed by atoms with Gasteiger partial charge in [0.1, 0.15) is 6.61 Å². The molecule has 0 spiro atoms. The van der Waals surface area contributed by atoms with Crippen LogP contribution < -0.4 is 0 Å². The fourth-order valence-corrected chi connectivity index (χ4v) is 3.07. The number of aromatic nitrogens is 3. The van der Waals surface area contributed by atoms with E-state index in [2.05, 4.69) is 10.2 Å². The first kappa shape index (κ1) is 14.3. The lowest BCUT2D eigenvalue weighted by molar-refractivity contribution is -0.133. The molecule has 2 N–H and O–H groups in total. The zero-order chi connectivity index (χ0) is 13.9. The number of carboxylic acid groups (broad SMARTS) is 1. The fourth-order valence-electron chi connectivity index (χ4n) is 2.26. The number of rotatable bonds is 5. The summed E-state index contributed by atoms with van der Waals surface area (Å²) in [5.74, 6) is -0.545. The highest BCUT2D eigenvalue weighted by molar-refractivity contribution is 7.99. The molecule has 2 heterocycles. The van der Waals surface area contributed by atoms with Gasteiger partial charge in [0.05, 0.1) is 17.9 Å². The van der Waals surface area contributed by atoms with Gasteiger partial charge in [-0.3, -0.25) is 9.36 Å². The van der Waals surface area contributed by atoms with Crippen LogP contribution in [0.1, 0.15) is 25.6 Å². The van der Waals surface area contributed by atoms with Crippen LogP contribution in [0, 0.1) is 0 Å². The molecule has 1 atom stereocenters. The van der Waals surface area contributed by atoms with E-state index >= 15 is 0 Å². The minimum absolute atomic E-state index is 0.0828. The molecule has 0 saturated carbocycles. The molecule has 0 bridgehead atoms. The normalized spacial score (nSPS) is 23.5. The number of aliphatic hydroxyl groups is 1. The zero-order valence-corrected chi connectivity index (χ0v) is 11.5. The van der Waals surface area contributed by atoms with E-state index in [1.807, 2.05) is 11.5 Å². The molecule has 1 aromatic rings. The van der Waals surface area contributed by atoms with Gasteiger partial charge >= 0.3 is 5.97 Å². The molecule has 1 unspecified atom stereocenters. The molecule has 0 aromatic carbocycles. The quantitative estimate of drug-likeness (QED) is 0.760. The van der Waals surface area contributed by atoms with Crippen LogP contribution in [-0.2, 0) is 21.7 Å². The molecular formula is C11H17N3O4S. The zero-order valence-electron chi connectivity index (χ0n) is 10.7. The van der Waals surface area contributed by atoms with Gasteiger partial charge in [-0.15, -0.1) is 10.2 Å². The Kier molecular flexibility index (Phi) is 4.43. The van der Waals surface area contributed by atoms with Crippen molar-refractivity contribution in [2.75, 3.05) is 19.0 Å². The van der Waals surface area contributed by atoms with E-state index < -0.39 is 5.97 Å². The number of aliphatic carboxylic acids is 1. The van der Waals surface area contributed by atoms with Crippen LogP contribution in [0.5, 0.6) is 0 Å². The lowest BCUT2D eigenvalue weighted by atomic mass is 9.94. The van der Waals surface area contributed by atoms with Crippen LogP contribution >= 0.6 is 11.8 Å². The number of hydrogen-bond acceptors (Lipinski definition) is 6. The van der Waals surface area contributed by atoms with Crippen LogP contribution in [-0.4, -0.2) is 49.9 Å². The van der Waals surface area contributed by atoms with E-state index in [0.29, 0.717) is 17.6 Å². The Labute approximate surface area is 115 Å². The molecule has 0 amide bonds.